The molecule has 0 saturated carbocycles. The first-order valence-electron chi connectivity index (χ1n) is 5.33. The summed E-state index contributed by atoms with van der Waals surface area (Å²) in [5.41, 5.74) is 2.07. The molecule has 0 aliphatic rings. The average Bonchev–Trinajstić information content (AvgIpc) is 2.17. The summed E-state index contributed by atoms with van der Waals surface area (Å²) in [6.45, 7) is 5.48. The molecule has 0 bridgehead atoms. The van der Waals surface area contributed by atoms with Crippen LogP contribution in [0.3, 0.4) is 0 Å². The van der Waals surface area contributed by atoms with Gasteiger partial charge in [-0.25, -0.2) is 0 Å². The molecule has 0 N–H and O–H groups in total. The Kier molecular flexibility index (Phi) is 7.51. The van der Waals surface area contributed by atoms with Crippen molar-refractivity contribution in [3.8, 4) is 0 Å². The Balaban J connectivity index is 3.77. The summed E-state index contributed by atoms with van der Waals surface area (Å²) in [5, 5.41) is 0. The van der Waals surface area contributed by atoms with Crippen molar-refractivity contribution in [2.75, 3.05) is 0 Å². The van der Waals surface area contributed by atoms with Crippen molar-refractivity contribution in [1.29, 1.82) is 0 Å². The Labute approximate surface area is 92.1 Å². The number of Topliss-reactive ketones (excluding diaryl/α,β-unsaturated/α-hetero) is 1. The summed E-state index contributed by atoms with van der Waals surface area (Å²) in [5.74, 6) is 0.232. The maximum absolute atomic E-state index is 10.7. The molecule has 0 rings (SSSR count). The van der Waals surface area contributed by atoms with E-state index in [1.807, 2.05) is 13.0 Å². The topological polar surface area (TPSA) is 34.1 Å². The fourth-order valence-corrected chi connectivity index (χ4v) is 1.20. The van der Waals surface area contributed by atoms with E-state index in [1.165, 1.54) is 5.57 Å². The van der Waals surface area contributed by atoms with Gasteiger partial charge in [-0.15, -0.1) is 0 Å². The van der Waals surface area contributed by atoms with Crippen LogP contribution in [0.15, 0.2) is 23.3 Å². The zero-order valence-electron chi connectivity index (χ0n) is 9.88. The van der Waals surface area contributed by atoms with Gasteiger partial charge in [0.05, 0.1) is 0 Å². The first kappa shape index (κ1) is 13.8. The smallest absolute Gasteiger partial charge is 0.145 e. The third kappa shape index (κ3) is 9.13. The summed E-state index contributed by atoms with van der Waals surface area (Å²) in [6, 6.07) is 0. The van der Waals surface area contributed by atoms with Crippen LogP contribution in [0.5, 0.6) is 0 Å². The second kappa shape index (κ2) is 8.16. The van der Waals surface area contributed by atoms with Crippen LogP contribution in [-0.2, 0) is 9.59 Å². The van der Waals surface area contributed by atoms with Gasteiger partial charge in [0.2, 0.25) is 0 Å². The normalized spacial score (nSPS) is 12.7. The number of carbonyl (C=O) groups is 2. The Morgan fingerprint density at radius 2 is 1.60 bits per heavy atom. The lowest BCUT2D eigenvalue weighted by Gasteiger charge is -1.98. The Bertz CT molecular complexity index is 272. The lowest BCUT2D eigenvalue weighted by molar-refractivity contribution is -0.116. The molecule has 2 heteroatoms. The lowest BCUT2D eigenvalue weighted by atomic mass is 10.1. The minimum atomic E-state index is 0.232. The summed E-state index contributed by atoms with van der Waals surface area (Å²) < 4.78 is 0. The number of ketones is 1. The van der Waals surface area contributed by atoms with Crippen molar-refractivity contribution >= 4 is 12.1 Å². The van der Waals surface area contributed by atoms with Crippen molar-refractivity contribution in [2.45, 2.75) is 46.5 Å². The number of hydrogen-bond acceptors (Lipinski definition) is 2. The van der Waals surface area contributed by atoms with Crippen LogP contribution < -0.4 is 0 Å². The Morgan fingerprint density at radius 1 is 1.00 bits per heavy atom. The van der Waals surface area contributed by atoms with Crippen LogP contribution in [-0.4, -0.2) is 12.1 Å². The Hall–Kier alpha value is -1.18. The molecule has 0 spiro atoms. The summed E-state index contributed by atoms with van der Waals surface area (Å²) in [6.07, 6.45) is 8.23. The first-order valence-corrected chi connectivity index (χ1v) is 5.33. The van der Waals surface area contributed by atoms with Gasteiger partial charge in [0, 0.05) is 6.42 Å². The van der Waals surface area contributed by atoms with E-state index in [0.29, 0.717) is 6.42 Å². The molecule has 0 unspecified atom stereocenters. The van der Waals surface area contributed by atoms with Crippen molar-refractivity contribution in [1.82, 2.24) is 0 Å². The molecule has 0 heterocycles. The number of carbonyl (C=O) groups excluding carboxylic acids is 2. The van der Waals surface area contributed by atoms with Crippen molar-refractivity contribution < 1.29 is 9.59 Å². The fraction of sp³-hybridized carbons (Fsp3) is 0.538. The monoisotopic (exact) mass is 208 g/mol. The molecule has 0 aliphatic heterocycles. The van der Waals surface area contributed by atoms with Gasteiger partial charge < -0.3 is 4.79 Å². The van der Waals surface area contributed by atoms with E-state index in [9.17, 15) is 9.59 Å². The van der Waals surface area contributed by atoms with Gasteiger partial charge in [-0.3, -0.25) is 4.79 Å². The van der Waals surface area contributed by atoms with E-state index in [4.69, 9.17) is 0 Å². The van der Waals surface area contributed by atoms with E-state index in [-0.39, 0.29) is 5.78 Å². The van der Waals surface area contributed by atoms with Gasteiger partial charge in [0.15, 0.2) is 0 Å². The molecule has 0 amide bonds. The first-order chi connectivity index (χ1) is 7.06. The predicted molar refractivity (Wildman–Crippen MR) is 62.7 cm³/mol. The maximum atomic E-state index is 10.7. The van der Waals surface area contributed by atoms with Crippen LogP contribution in [0.1, 0.15) is 46.5 Å². The molecule has 0 atom stereocenters. The van der Waals surface area contributed by atoms with Crippen molar-refractivity contribution in [2.24, 2.45) is 0 Å². The molecule has 0 aromatic heterocycles. The van der Waals surface area contributed by atoms with E-state index in [2.05, 4.69) is 13.0 Å². The maximum Gasteiger partial charge on any atom is 0.145 e. The fourth-order valence-electron chi connectivity index (χ4n) is 1.20. The minimum Gasteiger partial charge on any atom is -0.300 e. The molecule has 0 aromatic carbocycles. The molecule has 2 nitrogen and oxygen atoms in total. The summed E-state index contributed by atoms with van der Waals surface area (Å²) in [7, 11) is 0. The van der Waals surface area contributed by atoms with E-state index in [1.54, 1.807) is 6.92 Å². The molecular weight excluding hydrogens is 188 g/mol. The largest absolute Gasteiger partial charge is 0.300 e. The zero-order valence-corrected chi connectivity index (χ0v) is 9.88. The number of rotatable bonds is 7. The molecule has 0 saturated heterocycles. The van der Waals surface area contributed by atoms with E-state index in [0.717, 1.165) is 31.1 Å². The molecule has 15 heavy (non-hydrogen) atoms. The van der Waals surface area contributed by atoms with Crippen LogP contribution in [0.25, 0.3) is 0 Å². The minimum absolute atomic E-state index is 0.232. The third-order valence-electron chi connectivity index (χ3n) is 2.18. The number of aldehydes is 1. The second-order valence-corrected chi connectivity index (χ2v) is 3.90. The quantitative estimate of drug-likeness (QED) is 0.365. The van der Waals surface area contributed by atoms with Gasteiger partial charge in [0.1, 0.15) is 12.1 Å². The summed E-state index contributed by atoms with van der Waals surface area (Å²) in [4.78, 5) is 21.0. The average molecular weight is 208 g/mol. The van der Waals surface area contributed by atoms with Crippen LogP contribution in [0.2, 0.25) is 0 Å². The molecule has 0 aromatic rings. The van der Waals surface area contributed by atoms with Crippen LogP contribution in [0.4, 0.5) is 0 Å². The highest BCUT2D eigenvalue weighted by Crippen LogP contribution is 2.08. The van der Waals surface area contributed by atoms with E-state index >= 15 is 0 Å². The van der Waals surface area contributed by atoms with Gasteiger partial charge in [0.25, 0.3) is 0 Å². The molecular formula is C13H20O2. The van der Waals surface area contributed by atoms with Crippen LogP contribution in [0, 0.1) is 0 Å². The lowest BCUT2D eigenvalue weighted by Crippen LogP contribution is -1.87. The standard InChI is InChI=1S/C13H20O2/c1-11(7-5-9-13(3)15)6-4-8-12(2)10-14/h7-8,10H,4-6,9H2,1-3H3. The highest BCUT2D eigenvalue weighted by Gasteiger charge is 1.92. The number of allylic oxidation sites excluding steroid dienone is 4. The third-order valence-corrected chi connectivity index (χ3v) is 2.18. The molecule has 0 radical (unpaired) electrons. The highest BCUT2D eigenvalue weighted by atomic mass is 16.1. The van der Waals surface area contributed by atoms with Gasteiger partial charge in [-0.1, -0.05) is 17.7 Å². The Morgan fingerprint density at radius 3 is 2.13 bits per heavy atom. The van der Waals surface area contributed by atoms with Gasteiger partial charge >= 0.3 is 0 Å². The van der Waals surface area contributed by atoms with Crippen molar-refractivity contribution in [3.63, 3.8) is 0 Å². The molecule has 0 aliphatic carbocycles. The zero-order chi connectivity index (χ0) is 11.7. The SMILES string of the molecule is CC(=O)CCC=C(C)CCC=C(C)C=O. The van der Waals surface area contributed by atoms with Gasteiger partial charge in [-0.2, -0.15) is 0 Å². The highest BCUT2D eigenvalue weighted by molar-refractivity contribution is 5.75. The summed E-state index contributed by atoms with van der Waals surface area (Å²) >= 11 is 0. The van der Waals surface area contributed by atoms with Crippen molar-refractivity contribution in [3.05, 3.63) is 23.3 Å². The molecule has 84 valence electrons. The number of hydrogen-bond donors (Lipinski definition) is 0. The van der Waals surface area contributed by atoms with Crippen LogP contribution >= 0.6 is 0 Å². The predicted octanol–water partition coefficient (Wildman–Crippen LogP) is 3.23. The van der Waals surface area contributed by atoms with E-state index < -0.39 is 0 Å². The molecule has 0 fully saturated rings. The second-order valence-electron chi connectivity index (χ2n) is 3.90. The van der Waals surface area contributed by atoms with Gasteiger partial charge in [-0.05, 0) is 45.6 Å².